The summed E-state index contributed by atoms with van der Waals surface area (Å²) in [5.41, 5.74) is 2.23. The third-order valence-corrected chi connectivity index (χ3v) is 5.02. The Hall–Kier alpha value is -0.580. The van der Waals surface area contributed by atoms with Crippen LogP contribution in [0.4, 0.5) is 5.69 Å². The van der Waals surface area contributed by atoms with Crippen molar-refractivity contribution >= 4 is 21.6 Å². The van der Waals surface area contributed by atoms with E-state index in [4.69, 9.17) is 0 Å². The summed E-state index contributed by atoms with van der Waals surface area (Å²) in [7, 11) is 0. The van der Waals surface area contributed by atoms with Crippen LogP contribution in [-0.4, -0.2) is 42.2 Å². The smallest absolute Gasteiger partial charge is 0.0762 e. The van der Waals surface area contributed by atoms with Crippen molar-refractivity contribution in [2.75, 3.05) is 31.1 Å². The molecule has 1 unspecified atom stereocenters. The lowest BCUT2D eigenvalue weighted by Crippen LogP contribution is -2.50. The molecule has 2 atom stereocenters. The van der Waals surface area contributed by atoms with Gasteiger partial charge in [-0.15, -0.1) is 0 Å². The first-order chi connectivity index (χ1) is 9.15. The van der Waals surface area contributed by atoms with Gasteiger partial charge in [-0.25, -0.2) is 0 Å². The Morgan fingerprint density at radius 1 is 1.32 bits per heavy atom. The minimum absolute atomic E-state index is 0.406. The summed E-state index contributed by atoms with van der Waals surface area (Å²) in [5.74, 6) is 0. The van der Waals surface area contributed by atoms with E-state index in [1.165, 1.54) is 31.6 Å². The number of hydrogen-bond donors (Lipinski definition) is 1. The second kappa shape index (κ2) is 5.43. The van der Waals surface area contributed by atoms with Gasteiger partial charge in [0.15, 0.2) is 0 Å². The first-order valence-corrected chi connectivity index (χ1v) is 7.91. The van der Waals surface area contributed by atoms with Crippen molar-refractivity contribution in [2.45, 2.75) is 31.9 Å². The number of piperazine rings is 1. The average molecular weight is 325 g/mol. The topological polar surface area (TPSA) is 26.7 Å². The van der Waals surface area contributed by atoms with Crippen LogP contribution in [0.5, 0.6) is 0 Å². The van der Waals surface area contributed by atoms with Crippen molar-refractivity contribution in [3.63, 3.8) is 0 Å². The minimum atomic E-state index is -0.406. The van der Waals surface area contributed by atoms with Gasteiger partial charge >= 0.3 is 0 Å². The molecule has 0 aliphatic carbocycles. The first-order valence-electron chi connectivity index (χ1n) is 7.11. The highest BCUT2D eigenvalue weighted by molar-refractivity contribution is 9.10. The molecule has 19 heavy (non-hydrogen) atoms. The number of benzene rings is 1. The Morgan fingerprint density at radius 2 is 2.16 bits per heavy atom. The zero-order valence-corrected chi connectivity index (χ0v) is 12.9. The van der Waals surface area contributed by atoms with Crippen molar-refractivity contribution in [3.05, 3.63) is 28.2 Å². The van der Waals surface area contributed by atoms with Crippen LogP contribution >= 0.6 is 15.9 Å². The molecule has 3 rings (SSSR count). The molecule has 0 amide bonds. The van der Waals surface area contributed by atoms with E-state index in [1.807, 2.05) is 12.1 Å². The zero-order chi connectivity index (χ0) is 13.4. The summed E-state index contributed by atoms with van der Waals surface area (Å²) in [6.45, 7) is 6.49. The van der Waals surface area contributed by atoms with Crippen molar-refractivity contribution < 1.29 is 5.11 Å². The Labute approximate surface area is 123 Å². The molecule has 2 fully saturated rings. The van der Waals surface area contributed by atoms with Crippen molar-refractivity contribution in [3.8, 4) is 0 Å². The summed E-state index contributed by atoms with van der Waals surface area (Å²) < 4.78 is 1.09. The number of aliphatic hydroxyl groups is 1. The fourth-order valence-corrected chi connectivity index (χ4v) is 3.90. The summed E-state index contributed by atoms with van der Waals surface area (Å²) in [5, 5.41) is 9.63. The van der Waals surface area contributed by atoms with Crippen molar-refractivity contribution in [1.29, 1.82) is 0 Å². The van der Waals surface area contributed by atoms with Gasteiger partial charge < -0.3 is 10.0 Å². The third-order valence-electron chi connectivity index (χ3n) is 4.38. The molecule has 2 heterocycles. The molecule has 0 radical (unpaired) electrons. The summed E-state index contributed by atoms with van der Waals surface area (Å²) in [6, 6.07) is 6.95. The monoisotopic (exact) mass is 324 g/mol. The molecule has 2 aliphatic heterocycles. The van der Waals surface area contributed by atoms with Crippen LogP contribution in [-0.2, 0) is 0 Å². The predicted octanol–water partition coefficient (Wildman–Crippen LogP) is 2.79. The summed E-state index contributed by atoms with van der Waals surface area (Å²) in [4.78, 5) is 5.09. The summed E-state index contributed by atoms with van der Waals surface area (Å²) in [6.07, 6.45) is 2.28. The fourth-order valence-electron chi connectivity index (χ4n) is 3.25. The number of rotatable bonds is 2. The molecule has 2 aliphatic rings. The molecular weight excluding hydrogens is 304 g/mol. The van der Waals surface area contributed by atoms with Gasteiger partial charge in [-0.05, 0) is 59.9 Å². The van der Waals surface area contributed by atoms with Gasteiger partial charge in [0.1, 0.15) is 0 Å². The van der Waals surface area contributed by atoms with E-state index < -0.39 is 6.10 Å². The maximum absolute atomic E-state index is 9.63. The Bertz CT molecular complexity index is 463. The minimum Gasteiger partial charge on any atom is -0.389 e. The molecule has 3 nitrogen and oxygen atoms in total. The second-order valence-corrected chi connectivity index (χ2v) is 6.52. The lowest BCUT2D eigenvalue weighted by molar-refractivity contribution is 0.199. The SMILES string of the molecule is C[C@@H](O)c1ccc(N2CCN3CCCC3C2)c(Br)c1. The van der Waals surface area contributed by atoms with Gasteiger partial charge in [0.05, 0.1) is 11.8 Å². The highest BCUT2D eigenvalue weighted by atomic mass is 79.9. The first kappa shape index (κ1) is 13.4. The number of aliphatic hydroxyl groups excluding tert-OH is 1. The highest BCUT2D eigenvalue weighted by Crippen LogP contribution is 2.32. The quantitative estimate of drug-likeness (QED) is 0.906. The van der Waals surface area contributed by atoms with Crippen molar-refractivity contribution in [1.82, 2.24) is 4.90 Å². The number of hydrogen-bond acceptors (Lipinski definition) is 3. The average Bonchev–Trinajstić information content (AvgIpc) is 2.85. The Kier molecular flexibility index (Phi) is 3.83. The number of halogens is 1. The summed E-state index contributed by atoms with van der Waals surface area (Å²) >= 11 is 3.66. The lowest BCUT2D eigenvalue weighted by atomic mass is 10.1. The van der Waals surface area contributed by atoms with Crippen LogP contribution in [0.15, 0.2) is 22.7 Å². The fraction of sp³-hybridized carbons (Fsp3) is 0.600. The normalized spacial score (nSPS) is 25.4. The largest absolute Gasteiger partial charge is 0.389 e. The van der Waals surface area contributed by atoms with Gasteiger partial charge in [0.25, 0.3) is 0 Å². The van der Waals surface area contributed by atoms with Crippen LogP contribution in [0.25, 0.3) is 0 Å². The van der Waals surface area contributed by atoms with Crippen LogP contribution in [0, 0.1) is 0 Å². The third kappa shape index (κ3) is 2.67. The van der Waals surface area contributed by atoms with Crippen molar-refractivity contribution in [2.24, 2.45) is 0 Å². The van der Waals surface area contributed by atoms with E-state index in [1.54, 1.807) is 6.92 Å². The predicted molar refractivity (Wildman–Crippen MR) is 81.6 cm³/mol. The standard InChI is InChI=1S/C15H21BrN2O/c1-11(19)12-4-5-15(14(16)9-12)18-8-7-17-6-2-3-13(17)10-18/h4-5,9,11,13,19H,2-3,6-8,10H2,1H3/t11-,13?/m1/s1. The molecule has 4 heteroatoms. The molecule has 1 N–H and O–H groups in total. The molecule has 1 aromatic carbocycles. The molecule has 1 aromatic rings. The molecule has 0 saturated carbocycles. The van der Waals surface area contributed by atoms with Crippen LogP contribution < -0.4 is 4.90 Å². The van der Waals surface area contributed by atoms with Gasteiger partial charge in [0.2, 0.25) is 0 Å². The Morgan fingerprint density at radius 3 is 2.89 bits per heavy atom. The van der Waals surface area contributed by atoms with E-state index in [9.17, 15) is 5.11 Å². The van der Waals surface area contributed by atoms with Gasteiger partial charge in [-0.2, -0.15) is 0 Å². The number of anilines is 1. The molecule has 2 saturated heterocycles. The molecule has 0 aromatic heterocycles. The van der Waals surface area contributed by atoms with Crippen LogP contribution in [0.3, 0.4) is 0 Å². The number of fused-ring (bicyclic) bond motifs is 1. The van der Waals surface area contributed by atoms with Crippen LogP contribution in [0.1, 0.15) is 31.4 Å². The number of nitrogens with zero attached hydrogens (tertiary/aromatic N) is 2. The van der Waals surface area contributed by atoms with Gasteiger partial charge in [-0.1, -0.05) is 6.07 Å². The molecular formula is C15H21BrN2O. The lowest BCUT2D eigenvalue weighted by Gasteiger charge is -2.39. The van der Waals surface area contributed by atoms with E-state index in [0.717, 1.165) is 29.2 Å². The van der Waals surface area contributed by atoms with Gasteiger partial charge in [-0.3, -0.25) is 4.90 Å². The molecule has 0 bridgehead atoms. The van der Waals surface area contributed by atoms with Crippen LogP contribution in [0.2, 0.25) is 0 Å². The maximum atomic E-state index is 9.63. The Balaban J connectivity index is 1.78. The second-order valence-electron chi connectivity index (χ2n) is 5.66. The highest BCUT2D eigenvalue weighted by Gasteiger charge is 2.31. The van der Waals surface area contributed by atoms with Gasteiger partial charge in [0, 0.05) is 30.1 Å². The van der Waals surface area contributed by atoms with E-state index in [2.05, 4.69) is 31.8 Å². The van der Waals surface area contributed by atoms with E-state index in [-0.39, 0.29) is 0 Å². The molecule has 104 valence electrons. The molecule has 0 spiro atoms. The van der Waals surface area contributed by atoms with E-state index in [0.29, 0.717) is 0 Å². The maximum Gasteiger partial charge on any atom is 0.0762 e. The zero-order valence-electron chi connectivity index (χ0n) is 11.3. The van der Waals surface area contributed by atoms with E-state index >= 15 is 0 Å².